The van der Waals surface area contributed by atoms with Crippen molar-refractivity contribution in [1.29, 1.82) is 0 Å². The number of carbonyl (C=O) groups excluding carboxylic acids is 3. The number of carbonyl (C=O) groups is 3. The minimum atomic E-state index is -0.298. The first-order chi connectivity index (χ1) is 16.5. The summed E-state index contributed by atoms with van der Waals surface area (Å²) in [6, 6.07) is 13.2. The molecular weight excluding hydrogens is 450 g/mol. The molecule has 1 aromatic carbocycles. The second-order valence-corrected chi connectivity index (χ2v) is 9.18. The Morgan fingerprint density at radius 1 is 1.06 bits per heavy atom. The molecule has 0 unspecified atom stereocenters. The van der Waals surface area contributed by atoms with Gasteiger partial charge in [-0.15, -0.1) is 11.3 Å². The standard InChI is InChI=1S/C25H27N5O3S/c1-17-5-7-18(8-6-17)24(33)30(21-9-10-21)15-23(32)29-25-28-20(16-34-25)14-22(31)27-13-11-19-4-2-3-12-26-19/h2-8,12,16,21H,9-11,13-15H2,1H3,(H,27,31)(H,28,29,32). The van der Waals surface area contributed by atoms with E-state index in [0.717, 1.165) is 24.1 Å². The third-order valence-corrected chi connectivity index (χ3v) is 6.24. The molecule has 1 saturated carbocycles. The van der Waals surface area contributed by atoms with Crippen LogP contribution in [0.4, 0.5) is 5.13 Å². The summed E-state index contributed by atoms with van der Waals surface area (Å²) in [5.41, 5.74) is 3.16. The molecule has 2 heterocycles. The van der Waals surface area contributed by atoms with E-state index in [1.54, 1.807) is 28.6 Å². The maximum atomic E-state index is 12.9. The van der Waals surface area contributed by atoms with E-state index < -0.39 is 0 Å². The van der Waals surface area contributed by atoms with Crippen LogP contribution in [0.5, 0.6) is 0 Å². The Hall–Kier alpha value is -3.59. The maximum Gasteiger partial charge on any atom is 0.254 e. The third kappa shape index (κ3) is 6.71. The summed E-state index contributed by atoms with van der Waals surface area (Å²) in [5.74, 6) is -0.573. The van der Waals surface area contributed by atoms with E-state index in [4.69, 9.17) is 0 Å². The molecular formula is C25H27N5O3S. The van der Waals surface area contributed by atoms with Gasteiger partial charge in [-0.05, 0) is 44.0 Å². The summed E-state index contributed by atoms with van der Waals surface area (Å²) >= 11 is 1.26. The minimum absolute atomic E-state index is 0.0275. The molecule has 0 atom stereocenters. The number of nitrogens with one attached hydrogen (secondary N) is 2. The average molecular weight is 478 g/mol. The fourth-order valence-corrected chi connectivity index (χ4v) is 4.20. The maximum absolute atomic E-state index is 12.9. The molecule has 3 aromatic rings. The minimum Gasteiger partial charge on any atom is -0.355 e. The fraction of sp³-hybridized carbons (Fsp3) is 0.320. The van der Waals surface area contributed by atoms with E-state index in [1.165, 1.54) is 11.3 Å². The summed E-state index contributed by atoms with van der Waals surface area (Å²) < 4.78 is 0. The Kier molecular flexibility index (Phi) is 7.64. The number of thiazole rings is 1. The van der Waals surface area contributed by atoms with Crippen LogP contribution < -0.4 is 10.6 Å². The quantitative estimate of drug-likeness (QED) is 0.467. The van der Waals surface area contributed by atoms with E-state index in [-0.39, 0.29) is 36.7 Å². The lowest BCUT2D eigenvalue weighted by Gasteiger charge is -2.21. The Morgan fingerprint density at radius 2 is 1.85 bits per heavy atom. The van der Waals surface area contributed by atoms with Crippen LogP contribution in [0.3, 0.4) is 0 Å². The van der Waals surface area contributed by atoms with Crippen molar-refractivity contribution < 1.29 is 14.4 Å². The van der Waals surface area contributed by atoms with Gasteiger partial charge in [0.25, 0.3) is 5.91 Å². The van der Waals surface area contributed by atoms with E-state index in [9.17, 15) is 14.4 Å². The van der Waals surface area contributed by atoms with Gasteiger partial charge in [0, 0.05) is 41.8 Å². The summed E-state index contributed by atoms with van der Waals surface area (Å²) in [6.07, 6.45) is 4.33. The zero-order valence-corrected chi connectivity index (χ0v) is 19.8. The highest BCUT2D eigenvalue weighted by Crippen LogP contribution is 2.28. The van der Waals surface area contributed by atoms with Crippen LogP contribution in [-0.2, 0) is 22.4 Å². The van der Waals surface area contributed by atoms with Crippen LogP contribution >= 0.6 is 11.3 Å². The zero-order valence-electron chi connectivity index (χ0n) is 19.0. The largest absolute Gasteiger partial charge is 0.355 e. The number of hydrogen-bond acceptors (Lipinski definition) is 6. The molecule has 0 saturated heterocycles. The molecule has 3 amide bonds. The molecule has 1 fully saturated rings. The van der Waals surface area contributed by atoms with Gasteiger partial charge in [0.15, 0.2) is 5.13 Å². The molecule has 0 spiro atoms. The van der Waals surface area contributed by atoms with Gasteiger partial charge in [-0.3, -0.25) is 19.4 Å². The van der Waals surface area contributed by atoms with E-state index in [1.807, 2.05) is 37.3 Å². The first kappa shape index (κ1) is 23.6. The molecule has 0 radical (unpaired) electrons. The number of pyridine rings is 1. The number of aromatic nitrogens is 2. The second kappa shape index (κ2) is 11.0. The zero-order chi connectivity index (χ0) is 23.9. The Labute approximate surface area is 202 Å². The number of benzene rings is 1. The molecule has 176 valence electrons. The summed E-state index contributed by atoms with van der Waals surface area (Å²) in [4.78, 5) is 47.9. The van der Waals surface area contributed by atoms with Gasteiger partial charge in [-0.1, -0.05) is 23.8 Å². The van der Waals surface area contributed by atoms with Crippen molar-refractivity contribution in [3.05, 3.63) is 76.6 Å². The van der Waals surface area contributed by atoms with Crippen LogP contribution in [-0.4, -0.2) is 51.7 Å². The van der Waals surface area contributed by atoms with E-state index in [0.29, 0.717) is 29.4 Å². The smallest absolute Gasteiger partial charge is 0.254 e. The summed E-state index contributed by atoms with van der Waals surface area (Å²) in [6.45, 7) is 2.43. The van der Waals surface area contributed by atoms with Crippen LogP contribution in [0, 0.1) is 6.92 Å². The lowest BCUT2D eigenvalue weighted by Crippen LogP contribution is -2.39. The van der Waals surface area contributed by atoms with Crippen molar-refractivity contribution in [2.24, 2.45) is 0 Å². The van der Waals surface area contributed by atoms with Crippen molar-refractivity contribution >= 4 is 34.2 Å². The first-order valence-electron chi connectivity index (χ1n) is 11.3. The molecule has 0 bridgehead atoms. The van der Waals surface area contributed by atoms with Gasteiger partial charge in [-0.25, -0.2) is 4.98 Å². The van der Waals surface area contributed by atoms with Crippen molar-refractivity contribution in [1.82, 2.24) is 20.2 Å². The van der Waals surface area contributed by atoms with Crippen molar-refractivity contribution in [2.45, 2.75) is 38.6 Å². The Bertz CT molecular complexity index is 1140. The normalized spacial score (nSPS) is 12.7. The predicted molar refractivity (Wildman–Crippen MR) is 131 cm³/mol. The van der Waals surface area contributed by atoms with Crippen LogP contribution in [0.15, 0.2) is 54.0 Å². The predicted octanol–water partition coefficient (Wildman–Crippen LogP) is 2.99. The highest BCUT2D eigenvalue weighted by Gasteiger charge is 2.34. The molecule has 1 aliphatic rings. The van der Waals surface area contributed by atoms with Crippen molar-refractivity contribution in [2.75, 3.05) is 18.4 Å². The van der Waals surface area contributed by atoms with Crippen LogP contribution in [0.25, 0.3) is 0 Å². The monoisotopic (exact) mass is 477 g/mol. The lowest BCUT2D eigenvalue weighted by molar-refractivity contribution is -0.120. The van der Waals surface area contributed by atoms with Gasteiger partial charge < -0.3 is 15.5 Å². The summed E-state index contributed by atoms with van der Waals surface area (Å²) in [5, 5.41) is 7.79. The fourth-order valence-electron chi connectivity index (χ4n) is 3.48. The lowest BCUT2D eigenvalue weighted by atomic mass is 10.1. The number of amides is 3. The number of rotatable bonds is 10. The Balaban J connectivity index is 1.25. The van der Waals surface area contributed by atoms with Crippen molar-refractivity contribution in [3.63, 3.8) is 0 Å². The van der Waals surface area contributed by atoms with E-state index in [2.05, 4.69) is 20.6 Å². The molecule has 34 heavy (non-hydrogen) atoms. The van der Waals surface area contributed by atoms with Crippen LogP contribution in [0.2, 0.25) is 0 Å². The molecule has 2 N–H and O–H groups in total. The number of aryl methyl sites for hydroxylation is 1. The number of hydrogen-bond donors (Lipinski definition) is 2. The molecule has 1 aliphatic carbocycles. The van der Waals surface area contributed by atoms with Crippen molar-refractivity contribution in [3.8, 4) is 0 Å². The topological polar surface area (TPSA) is 104 Å². The molecule has 9 heteroatoms. The highest BCUT2D eigenvalue weighted by atomic mass is 32.1. The first-order valence-corrected chi connectivity index (χ1v) is 12.1. The van der Waals surface area contributed by atoms with E-state index >= 15 is 0 Å². The average Bonchev–Trinajstić information content (AvgIpc) is 3.58. The third-order valence-electron chi connectivity index (χ3n) is 5.43. The van der Waals surface area contributed by atoms with Gasteiger partial charge in [0.05, 0.1) is 12.1 Å². The number of nitrogens with zero attached hydrogens (tertiary/aromatic N) is 3. The molecule has 8 nitrogen and oxygen atoms in total. The molecule has 2 aromatic heterocycles. The Morgan fingerprint density at radius 3 is 2.56 bits per heavy atom. The van der Waals surface area contributed by atoms with Gasteiger partial charge in [0.2, 0.25) is 11.8 Å². The van der Waals surface area contributed by atoms with Gasteiger partial charge in [0.1, 0.15) is 6.54 Å². The molecule has 4 rings (SSSR count). The highest BCUT2D eigenvalue weighted by molar-refractivity contribution is 7.13. The van der Waals surface area contributed by atoms with Crippen LogP contribution in [0.1, 0.15) is 40.2 Å². The summed E-state index contributed by atoms with van der Waals surface area (Å²) in [7, 11) is 0. The SMILES string of the molecule is Cc1ccc(C(=O)N(CC(=O)Nc2nc(CC(=O)NCCc3ccccn3)cs2)C2CC2)cc1. The van der Waals surface area contributed by atoms with Gasteiger partial charge in [-0.2, -0.15) is 0 Å². The molecule has 0 aliphatic heterocycles. The second-order valence-electron chi connectivity index (χ2n) is 8.32. The van der Waals surface area contributed by atoms with Gasteiger partial charge >= 0.3 is 0 Å². The number of anilines is 1.